The van der Waals surface area contributed by atoms with Crippen LogP contribution in [0.1, 0.15) is 90.4 Å². The van der Waals surface area contributed by atoms with Gasteiger partial charge in [0.05, 0.1) is 35.9 Å². The molecule has 0 bridgehead atoms. The molecule has 4 heterocycles. The first-order valence-corrected chi connectivity index (χ1v) is 26.4. The number of hydrogen-bond donors (Lipinski definition) is 8. The summed E-state index contributed by atoms with van der Waals surface area (Å²) in [5.74, 6) is 8.80. The van der Waals surface area contributed by atoms with Gasteiger partial charge in [0, 0.05) is 0 Å². The van der Waals surface area contributed by atoms with Crippen LogP contribution in [0.5, 0.6) is 0 Å². The number of hydrogen-bond acceptors (Lipinski definition) is 12. The second-order valence-electron chi connectivity index (χ2n) is 19.8. The highest BCUT2D eigenvalue weighted by atomic mass is 32.2. The zero-order valence-corrected chi connectivity index (χ0v) is 43.8. The second-order valence-corrected chi connectivity index (χ2v) is 22.4. The van der Waals surface area contributed by atoms with Crippen LogP contribution in [0, 0.1) is 34.5 Å². The van der Waals surface area contributed by atoms with Crippen LogP contribution in [0.2, 0.25) is 0 Å². The molecule has 18 nitrogen and oxygen atoms in total. The molecule has 4 saturated heterocycles. The molecule has 72 heavy (non-hydrogen) atoms. The number of nitrogens with zero attached hydrogens (tertiary/aromatic N) is 2. The van der Waals surface area contributed by atoms with Gasteiger partial charge in [-0.25, -0.2) is 0 Å². The molecule has 0 radical (unpaired) electrons. The Labute approximate surface area is 431 Å². The zero-order chi connectivity index (χ0) is 52.3. The van der Waals surface area contributed by atoms with Gasteiger partial charge in [-0.1, -0.05) is 100 Å². The van der Waals surface area contributed by atoms with Gasteiger partial charge in [0.2, 0.25) is 47.3 Å². The predicted octanol–water partition coefficient (Wildman–Crippen LogP) is 1.31. The van der Waals surface area contributed by atoms with Crippen molar-refractivity contribution in [3.63, 3.8) is 0 Å². The third-order valence-corrected chi connectivity index (χ3v) is 16.2. The van der Waals surface area contributed by atoms with E-state index in [0.29, 0.717) is 48.3 Å². The molecular formula is C52H68N10O8S2. The molecule has 2 aromatic carbocycles. The van der Waals surface area contributed by atoms with Gasteiger partial charge in [-0.05, 0) is 98.9 Å². The lowest BCUT2D eigenvalue weighted by Gasteiger charge is -2.35. The van der Waals surface area contributed by atoms with Gasteiger partial charge in [0.15, 0.2) is 0 Å². The zero-order valence-electron chi connectivity index (χ0n) is 42.2. The summed E-state index contributed by atoms with van der Waals surface area (Å²) in [6, 6.07) is 10.8. The molecule has 4 aliphatic heterocycles. The number of nitrogens with one attached hydrogen (secondary N) is 8. The van der Waals surface area contributed by atoms with E-state index >= 15 is 0 Å². The van der Waals surface area contributed by atoms with Crippen LogP contribution < -0.4 is 42.5 Å². The number of carbonyl (C=O) groups excluding carboxylic acids is 8. The molecule has 2 unspecified atom stereocenters. The Morgan fingerprint density at radius 2 is 0.958 bits per heavy atom. The summed E-state index contributed by atoms with van der Waals surface area (Å²) in [4.78, 5) is 113. The molecule has 2 aromatic rings. The summed E-state index contributed by atoms with van der Waals surface area (Å²) in [6.07, 6.45) is 1.93. The van der Waals surface area contributed by atoms with Crippen molar-refractivity contribution in [2.45, 2.75) is 126 Å². The Kier molecular flexibility index (Phi) is 18.9. The third-order valence-electron chi connectivity index (χ3n) is 13.7. The van der Waals surface area contributed by atoms with E-state index in [4.69, 9.17) is 0 Å². The molecule has 10 atom stereocenters. The highest BCUT2D eigenvalue weighted by Gasteiger charge is 2.56. The standard InChI is InChI=1S/C52H68N10O8S2/c1-31(53-7)43(63)57-35-23-27-71-37-29-51(3,4)41(61(37)49(35)69)47(67)59-39(33-19-13-11-14-20-33)45(65)55-25-17-9-10-18-26-56-46(66)40(34-21-15-12-16-22-34)60-48(68)42-52(5,6)30-38-62(42)50(70)36(24-28-72-38)58-44(64)32(2)54-8/h11-16,19-22,31-32,35-42,53-54H,23-30H2,1-8H3,(H,55,65)(H,56,66)(H,57,63)(H,58,64)(H,59,67)(H,60,68)/t31-,32+,35-,36+,37?,38?,39-,40+,41+,42-. The molecule has 0 saturated carbocycles. The second kappa shape index (κ2) is 24.6. The number of amides is 8. The fraction of sp³-hybridized carbons (Fsp3) is 0.538. The SMILES string of the molecule is CN[C@@H](C)C(=O)N[C@H]1CCSC2CC(C)(C)[C@@H](C(=O)N[C@H](C(=O)NCC#CC#CCNC(=O)[C@H](NC(=O)[C@@H]3N4C(=O)[C@H](NC(=O)[C@@H](C)NC)CCSC4CC3(C)C)c3ccccc3)c3ccccc3)N2C1=O. The number of benzene rings is 2. The number of fused-ring (bicyclic) bond motifs is 2. The number of carbonyl (C=O) groups is 8. The van der Waals surface area contributed by atoms with Crippen LogP contribution in [0.25, 0.3) is 0 Å². The van der Waals surface area contributed by atoms with Crippen LogP contribution in [0.15, 0.2) is 60.7 Å². The molecular weight excluding hydrogens is 957 g/mol. The summed E-state index contributed by atoms with van der Waals surface area (Å²) in [6.45, 7) is 10.9. The molecule has 0 spiro atoms. The molecule has 0 aliphatic carbocycles. The first-order chi connectivity index (χ1) is 34.3. The van der Waals surface area contributed by atoms with Crippen molar-refractivity contribution in [1.29, 1.82) is 0 Å². The van der Waals surface area contributed by atoms with E-state index < -0.39 is 82.8 Å². The van der Waals surface area contributed by atoms with E-state index in [1.807, 2.05) is 27.7 Å². The minimum absolute atomic E-state index is 0.121. The van der Waals surface area contributed by atoms with Crippen molar-refractivity contribution < 1.29 is 38.4 Å². The quantitative estimate of drug-likeness (QED) is 0.111. The largest absolute Gasteiger partial charge is 0.343 e. The smallest absolute Gasteiger partial charge is 0.247 e. The van der Waals surface area contributed by atoms with Crippen molar-refractivity contribution in [1.82, 2.24) is 52.3 Å². The van der Waals surface area contributed by atoms with Gasteiger partial charge < -0.3 is 52.3 Å². The van der Waals surface area contributed by atoms with E-state index in [1.165, 1.54) is 0 Å². The predicted molar refractivity (Wildman–Crippen MR) is 277 cm³/mol. The van der Waals surface area contributed by atoms with Crippen molar-refractivity contribution in [2.75, 3.05) is 38.7 Å². The normalized spacial score (nSPS) is 24.6. The lowest BCUT2D eigenvalue weighted by atomic mass is 9.83. The maximum absolute atomic E-state index is 14.4. The summed E-state index contributed by atoms with van der Waals surface area (Å²) in [7, 11) is 3.32. The number of rotatable bonds is 16. The lowest BCUT2D eigenvalue weighted by Crippen LogP contribution is -2.58. The van der Waals surface area contributed by atoms with Gasteiger partial charge in [0.25, 0.3) is 0 Å². The van der Waals surface area contributed by atoms with Gasteiger partial charge in [-0.15, -0.1) is 23.5 Å². The van der Waals surface area contributed by atoms with E-state index in [2.05, 4.69) is 66.2 Å². The van der Waals surface area contributed by atoms with E-state index in [1.54, 1.807) is 122 Å². The molecule has 8 N–H and O–H groups in total. The maximum Gasteiger partial charge on any atom is 0.247 e. The van der Waals surface area contributed by atoms with Gasteiger partial charge in [0.1, 0.15) is 36.3 Å². The fourth-order valence-electron chi connectivity index (χ4n) is 9.54. The highest BCUT2D eigenvalue weighted by molar-refractivity contribution is 8.00. The van der Waals surface area contributed by atoms with Gasteiger partial charge in [-0.3, -0.25) is 38.4 Å². The minimum atomic E-state index is -1.13. The van der Waals surface area contributed by atoms with Crippen LogP contribution in [-0.2, 0) is 38.4 Å². The fourth-order valence-corrected chi connectivity index (χ4v) is 12.7. The molecule has 6 rings (SSSR count). The lowest BCUT2D eigenvalue weighted by molar-refractivity contribution is -0.144. The molecule has 386 valence electrons. The average molecular weight is 1030 g/mol. The number of likely N-dealkylation sites (N-methyl/N-ethyl adjacent to an activating group) is 2. The molecule has 4 aliphatic rings. The van der Waals surface area contributed by atoms with Gasteiger partial charge >= 0.3 is 0 Å². The van der Waals surface area contributed by atoms with E-state index in [0.717, 1.165) is 0 Å². The van der Waals surface area contributed by atoms with Gasteiger partial charge in [-0.2, -0.15) is 0 Å². The average Bonchev–Trinajstić information content (AvgIpc) is 3.68. The van der Waals surface area contributed by atoms with Crippen LogP contribution in [-0.4, -0.2) is 143 Å². The summed E-state index contributed by atoms with van der Waals surface area (Å²) in [5.41, 5.74) is -0.263. The maximum atomic E-state index is 14.4. The van der Waals surface area contributed by atoms with Crippen molar-refractivity contribution in [3.8, 4) is 23.7 Å². The monoisotopic (exact) mass is 1020 g/mol. The van der Waals surface area contributed by atoms with Crippen molar-refractivity contribution >= 4 is 70.8 Å². The van der Waals surface area contributed by atoms with Crippen molar-refractivity contribution in [3.05, 3.63) is 71.8 Å². The van der Waals surface area contributed by atoms with Crippen LogP contribution in [0.3, 0.4) is 0 Å². The van der Waals surface area contributed by atoms with Crippen LogP contribution in [0.4, 0.5) is 0 Å². The highest BCUT2D eigenvalue weighted by Crippen LogP contribution is 2.48. The molecule has 8 amide bonds. The summed E-state index contributed by atoms with van der Waals surface area (Å²) in [5, 5.41) is 22.3. The molecule has 20 heteroatoms. The Balaban J connectivity index is 1.08. The Morgan fingerprint density at radius 1 is 0.597 bits per heavy atom. The first kappa shape index (κ1) is 55.3. The Morgan fingerprint density at radius 3 is 1.31 bits per heavy atom. The topological polar surface area (TPSA) is 239 Å². The number of thioether (sulfide) groups is 2. The third kappa shape index (κ3) is 13.1. The molecule has 4 fully saturated rings. The molecule has 0 aromatic heterocycles. The Bertz CT molecular complexity index is 2300. The summed E-state index contributed by atoms with van der Waals surface area (Å²) < 4.78 is 0. The minimum Gasteiger partial charge on any atom is -0.343 e. The first-order valence-electron chi connectivity index (χ1n) is 24.3. The van der Waals surface area contributed by atoms with Crippen molar-refractivity contribution in [2.24, 2.45) is 10.8 Å². The van der Waals surface area contributed by atoms with E-state index in [-0.39, 0.29) is 47.5 Å². The Hall–Kier alpha value is -6.06. The van der Waals surface area contributed by atoms with E-state index in [9.17, 15) is 38.4 Å². The summed E-state index contributed by atoms with van der Waals surface area (Å²) >= 11 is 3.15. The van der Waals surface area contributed by atoms with Crippen LogP contribution >= 0.6 is 23.5 Å².